The van der Waals surface area contributed by atoms with Gasteiger partial charge in [0.2, 0.25) is 0 Å². The molecule has 5 heteroatoms. The van der Waals surface area contributed by atoms with Crippen molar-refractivity contribution < 1.29 is 9.90 Å². The number of aromatic carboxylic acids is 1. The minimum atomic E-state index is -0.997. The van der Waals surface area contributed by atoms with E-state index in [1.807, 2.05) is 6.07 Å². The Morgan fingerprint density at radius 1 is 1.62 bits per heavy atom. The molecule has 0 radical (unpaired) electrons. The maximum atomic E-state index is 10.8. The summed E-state index contributed by atoms with van der Waals surface area (Å²) < 4.78 is 0. The highest BCUT2D eigenvalue weighted by Crippen LogP contribution is 2.19. The van der Waals surface area contributed by atoms with Crippen LogP contribution in [0.15, 0.2) is 18.3 Å². The zero-order valence-electron chi connectivity index (χ0n) is 8.97. The van der Waals surface area contributed by atoms with Crippen LogP contribution >= 0.6 is 0 Å². The highest BCUT2D eigenvalue weighted by Gasteiger charge is 2.17. The number of nitrogens with zero attached hydrogens (tertiary/aromatic N) is 2. The molecular weight excluding hydrogens is 206 g/mol. The normalized spacial score (nSPS) is 20.8. The molecule has 1 saturated heterocycles. The number of nitrogens with two attached hydrogens (primary N) is 1. The van der Waals surface area contributed by atoms with Crippen molar-refractivity contribution in [2.45, 2.75) is 18.9 Å². The highest BCUT2D eigenvalue weighted by molar-refractivity contribution is 5.86. The molecule has 1 unspecified atom stereocenters. The number of pyridine rings is 1. The van der Waals surface area contributed by atoms with Gasteiger partial charge in [-0.05, 0) is 25.0 Å². The molecule has 1 aromatic heterocycles. The largest absolute Gasteiger partial charge is 0.477 e. The summed E-state index contributed by atoms with van der Waals surface area (Å²) in [4.78, 5) is 16.7. The minimum Gasteiger partial charge on any atom is -0.477 e. The quantitative estimate of drug-likeness (QED) is 0.768. The lowest BCUT2D eigenvalue weighted by Crippen LogP contribution is -2.42. The molecule has 2 heterocycles. The van der Waals surface area contributed by atoms with Crippen LogP contribution in [0.5, 0.6) is 0 Å². The first kappa shape index (κ1) is 10.9. The number of carboxylic acid groups (broad SMARTS) is 1. The van der Waals surface area contributed by atoms with E-state index in [2.05, 4.69) is 9.88 Å². The third-order valence-corrected chi connectivity index (χ3v) is 2.79. The third-order valence-electron chi connectivity index (χ3n) is 2.79. The first-order valence-electron chi connectivity index (χ1n) is 5.36. The lowest BCUT2D eigenvalue weighted by Gasteiger charge is -2.32. The molecule has 0 bridgehead atoms. The van der Waals surface area contributed by atoms with Crippen molar-refractivity contribution in [1.29, 1.82) is 0 Å². The summed E-state index contributed by atoms with van der Waals surface area (Å²) in [6, 6.07) is 3.60. The number of carboxylic acids is 1. The number of hydrogen-bond acceptors (Lipinski definition) is 4. The van der Waals surface area contributed by atoms with Crippen molar-refractivity contribution in [2.24, 2.45) is 5.73 Å². The highest BCUT2D eigenvalue weighted by atomic mass is 16.4. The van der Waals surface area contributed by atoms with Crippen LogP contribution in [0.2, 0.25) is 0 Å². The summed E-state index contributed by atoms with van der Waals surface area (Å²) in [5.41, 5.74) is 6.86. The molecule has 1 aliphatic rings. The molecule has 0 saturated carbocycles. The van der Waals surface area contributed by atoms with Crippen LogP contribution < -0.4 is 10.6 Å². The number of hydrogen-bond donors (Lipinski definition) is 2. The monoisotopic (exact) mass is 221 g/mol. The maximum Gasteiger partial charge on any atom is 0.354 e. The first-order valence-corrected chi connectivity index (χ1v) is 5.36. The van der Waals surface area contributed by atoms with Crippen molar-refractivity contribution >= 4 is 11.7 Å². The van der Waals surface area contributed by atoms with Crippen molar-refractivity contribution in [3.05, 3.63) is 24.0 Å². The Bertz CT molecular complexity index is 395. The summed E-state index contributed by atoms with van der Waals surface area (Å²) in [5, 5.41) is 8.85. The van der Waals surface area contributed by atoms with Crippen molar-refractivity contribution in [2.75, 3.05) is 18.0 Å². The SMILES string of the molecule is NC1CCCN(c2ccnc(C(=O)O)c2)C1. The van der Waals surface area contributed by atoms with Crippen LogP contribution in [0, 0.1) is 0 Å². The molecule has 0 aliphatic carbocycles. The van der Waals surface area contributed by atoms with Gasteiger partial charge in [-0.25, -0.2) is 9.78 Å². The second kappa shape index (κ2) is 4.49. The Morgan fingerprint density at radius 3 is 3.12 bits per heavy atom. The lowest BCUT2D eigenvalue weighted by molar-refractivity contribution is 0.0690. The fourth-order valence-corrected chi connectivity index (χ4v) is 1.98. The van der Waals surface area contributed by atoms with E-state index in [-0.39, 0.29) is 11.7 Å². The summed E-state index contributed by atoms with van der Waals surface area (Å²) in [7, 11) is 0. The number of carbonyl (C=O) groups is 1. The standard InChI is InChI=1S/C11H15N3O2/c12-8-2-1-5-14(7-8)9-3-4-13-10(6-9)11(15)16/h3-4,6,8H,1-2,5,7,12H2,(H,15,16). The van der Waals surface area contributed by atoms with Crippen molar-refractivity contribution in [1.82, 2.24) is 4.98 Å². The van der Waals surface area contributed by atoms with E-state index in [1.54, 1.807) is 6.07 Å². The van der Waals surface area contributed by atoms with Crippen LogP contribution in [-0.4, -0.2) is 35.2 Å². The third kappa shape index (κ3) is 2.30. The van der Waals surface area contributed by atoms with E-state index in [1.165, 1.54) is 6.20 Å². The summed E-state index contributed by atoms with van der Waals surface area (Å²) >= 11 is 0. The van der Waals surface area contributed by atoms with Crippen LogP contribution in [0.4, 0.5) is 5.69 Å². The summed E-state index contributed by atoms with van der Waals surface area (Å²) in [6.07, 6.45) is 3.61. The minimum absolute atomic E-state index is 0.0802. The molecule has 0 amide bonds. The number of piperidine rings is 1. The van der Waals surface area contributed by atoms with Crippen LogP contribution in [0.25, 0.3) is 0 Å². The topological polar surface area (TPSA) is 79.5 Å². The van der Waals surface area contributed by atoms with Gasteiger partial charge < -0.3 is 15.7 Å². The van der Waals surface area contributed by atoms with Gasteiger partial charge in [-0.3, -0.25) is 0 Å². The molecule has 16 heavy (non-hydrogen) atoms. The Hall–Kier alpha value is -1.62. The van der Waals surface area contributed by atoms with E-state index < -0.39 is 5.97 Å². The lowest BCUT2D eigenvalue weighted by atomic mass is 10.1. The van der Waals surface area contributed by atoms with Crippen LogP contribution in [0.3, 0.4) is 0 Å². The average Bonchev–Trinajstić information content (AvgIpc) is 2.29. The summed E-state index contributed by atoms with van der Waals surface area (Å²) in [6.45, 7) is 1.71. The van der Waals surface area contributed by atoms with Gasteiger partial charge >= 0.3 is 5.97 Å². The zero-order chi connectivity index (χ0) is 11.5. The second-order valence-electron chi connectivity index (χ2n) is 4.05. The van der Waals surface area contributed by atoms with E-state index in [0.29, 0.717) is 0 Å². The predicted molar refractivity (Wildman–Crippen MR) is 60.6 cm³/mol. The Balaban J connectivity index is 2.19. The predicted octanol–water partition coefficient (Wildman–Crippen LogP) is 0.707. The van der Waals surface area contributed by atoms with Gasteiger partial charge in [0.25, 0.3) is 0 Å². The van der Waals surface area contributed by atoms with Gasteiger partial charge in [0, 0.05) is 31.0 Å². The molecule has 1 atom stereocenters. The maximum absolute atomic E-state index is 10.8. The molecule has 0 spiro atoms. The molecule has 0 aromatic carbocycles. The average molecular weight is 221 g/mol. The number of anilines is 1. The summed E-state index contributed by atoms with van der Waals surface area (Å²) in [5.74, 6) is -0.997. The molecule has 86 valence electrons. The fraction of sp³-hybridized carbons (Fsp3) is 0.455. The molecule has 1 aliphatic heterocycles. The van der Waals surface area contributed by atoms with Gasteiger partial charge in [0.05, 0.1) is 0 Å². The van der Waals surface area contributed by atoms with E-state index in [9.17, 15) is 4.79 Å². The van der Waals surface area contributed by atoms with Crippen molar-refractivity contribution in [3.63, 3.8) is 0 Å². The van der Waals surface area contributed by atoms with Gasteiger partial charge in [-0.2, -0.15) is 0 Å². The van der Waals surface area contributed by atoms with Gasteiger partial charge in [-0.15, -0.1) is 0 Å². The Morgan fingerprint density at radius 2 is 2.44 bits per heavy atom. The molecule has 3 N–H and O–H groups in total. The van der Waals surface area contributed by atoms with Crippen LogP contribution in [-0.2, 0) is 0 Å². The number of aromatic nitrogens is 1. The molecule has 2 rings (SSSR count). The van der Waals surface area contributed by atoms with E-state index >= 15 is 0 Å². The molecule has 1 fully saturated rings. The van der Waals surface area contributed by atoms with Gasteiger partial charge in [0.1, 0.15) is 5.69 Å². The Kier molecular flexibility index (Phi) is 3.05. The molecule has 1 aromatic rings. The zero-order valence-corrected chi connectivity index (χ0v) is 8.97. The van der Waals surface area contributed by atoms with Gasteiger partial charge in [0.15, 0.2) is 0 Å². The van der Waals surface area contributed by atoms with Crippen molar-refractivity contribution in [3.8, 4) is 0 Å². The molecule has 5 nitrogen and oxygen atoms in total. The van der Waals surface area contributed by atoms with E-state index in [0.717, 1.165) is 31.6 Å². The molecular formula is C11H15N3O2. The van der Waals surface area contributed by atoms with Gasteiger partial charge in [-0.1, -0.05) is 0 Å². The van der Waals surface area contributed by atoms with E-state index in [4.69, 9.17) is 10.8 Å². The smallest absolute Gasteiger partial charge is 0.354 e. The fourth-order valence-electron chi connectivity index (χ4n) is 1.98. The van der Waals surface area contributed by atoms with Crippen LogP contribution in [0.1, 0.15) is 23.3 Å². The number of rotatable bonds is 2. The Labute approximate surface area is 93.9 Å². The second-order valence-corrected chi connectivity index (χ2v) is 4.05. The first-order chi connectivity index (χ1) is 7.66.